The monoisotopic (exact) mass is 511 g/mol. The number of ether oxygens (including phenoxy) is 2. The molecule has 190 valence electrons. The summed E-state index contributed by atoms with van der Waals surface area (Å²) in [5, 5.41) is 28.8. The van der Waals surface area contributed by atoms with Gasteiger partial charge in [-0.2, -0.15) is 23.7 Å². The van der Waals surface area contributed by atoms with Crippen molar-refractivity contribution >= 4 is 17.5 Å². The molecule has 5 atom stereocenters. The lowest BCUT2D eigenvalue weighted by molar-refractivity contribution is -0.138. The molecule has 11 heteroatoms. The molecule has 5 rings (SSSR count). The van der Waals surface area contributed by atoms with Gasteiger partial charge >= 0.3 is 6.18 Å². The van der Waals surface area contributed by atoms with Gasteiger partial charge in [-0.1, -0.05) is 0 Å². The lowest BCUT2D eigenvalue weighted by Gasteiger charge is -2.33. The normalized spacial score (nSPS) is 30.2. The maximum absolute atomic E-state index is 13.6. The Labute approximate surface area is 209 Å². The van der Waals surface area contributed by atoms with Crippen molar-refractivity contribution in [3.8, 4) is 17.9 Å². The fraction of sp³-hybridized carbons (Fsp3) is 0.385. The van der Waals surface area contributed by atoms with Gasteiger partial charge in [0.25, 0.3) is 0 Å². The van der Waals surface area contributed by atoms with Crippen molar-refractivity contribution in [3.63, 3.8) is 0 Å². The summed E-state index contributed by atoms with van der Waals surface area (Å²) in [5.41, 5.74) is -4.38. The van der Waals surface area contributed by atoms with E-state index in [1.807, 2.05) is 6.07 Å². The van der Waals surface area contributed by atoms with Crippen LogP contribution in [0.15, 0.2) is 42.5 Å². The standard InChI is InChI=1S/C26H20F3N3O5/c1-24-19(33)11-25(37-24,8-9-36-17-6-2-14(12-30)3-7-17)21-20(24)22(34)32(23(21)35)16-5-4-15(13-31)18(10-16)26(27,28)29/h2-7,10,19-21,33H,8-9,11H2,1H3. The summed E-state index contributed by atoms with van der Waals surface area (Å²) >= 11 is 0. The van der Waals surface area contributed by atoms with Crippen molar-refractivity contribution in [2.45, 2.75) is 43.2 Å². The number of halogens is 3. The Bertz CT molecular complexity index is 1380. The molecule has 2 aromatic carbocycles. The number of aliphatic hydroxyl groups is 1. The van der Waals surface area contributed by atoms with Crippen LogP contribution in [0.2, 0.25) is 0 Å². The van der Waals surface area contributed by atoms with E-state index in [1.54, 1.807) is 24.3 Å². The van der Waals surface area contributed by atoms with E-state index >= 15 is 0 Å². The molecule has 8 nitrogen and oxygen atoms in total. The van der Waals surface area contributed by atoms with Gasteiger partial charge in [0.05, 0.1) is 64.7 Å². The molecular weight excluding hydrogens is 491 g/mol. The predicted octanol–water partition coefficient (Wildman–Crippen LogP) is 3.32. The summed E-state index contributed by atoms with van der Waals surface area (Å²) in [6, 6.07) is 12.5. The average molecular weight is 511 g/mol. The minimum atomic E-state index is -4.86. The number of benzene rings is 2. The Morgan fingerprint density at radius 2 is 1.78 bits per heavy atom. The second-order valence-electron chi connectivity index (χ2n) is 9.61. The van der Waals surface area contributed by atoms with E-state index in [1.165, 1.54) is 13.0 Å². The molecule has 5 unspecified atom stereocenters. The van der Waals surface area contributed by atoms with E-state index in [4.69, 9.17) is 20.0 Å². The predicted molar refractivity (Wildman–Crippen MR) is 120 cm³/mol. The average Bonchev–Trinajstić information content (AvgIpc) is 3.39. The second kappa shape index (κ2) is 8.30. The molecule has 3 heterocycles. The summed E-state index contributed by atoms with van der Waals surface area (Å²) in [4.78, 5) is 27.8. The molecule has 3 aliphatic heterocycles. The number of alkyl halides is 3. The molecule has 0 spiro atoms. The molecule has 37 heavy (non-hydrogen) atoms. The highest BCUT2D eigenvalue weighted by atomic mass is 19.4. The lowest BCUT2D eigenvalue weighted by Crippen LogP contribution is -2.49. The molecule has 0 radical (unpaired) electrons. The molecule has 2 bridgehead atoms. The minimum absolute atomic E-state index is 0.0510. The number of anilines is 1. The quantitative estimate of drug-likeness (QED) is 0.611. The first kappa shape index (κ1) is 24.8. The van der Waals surface area contributed by atoms with Gasteiger partial charge in [0, 0.05) is 12.8 Å². The van der Waals surface area contributed by atoms with Crippen LogP contribution in [-0.4, -0.2) is 40.8 Å². The molecule has 2 aromatic rings. The van der Waals surface area contributed by atoms with Gasteiger partial charge in [-0.25, -0.2) is 4.90 Å². The largest absolute Gasteiger partial charge is 0.493 e. The SMILES string of the molecule is CC12OC(CCOc3ccc(C#N)cc3)(CC1O)C1C(=O)N(c3ccc(C#N)c(C(F)(F)F)c3)C(=O)C12. The van der Waals surface area contributed by atoms with Crippen LogP contribution in [-0.2, 0) is 20.5 Å². The van der Waals surface area contributed by atoms with Gasteiger partial charge in [0.2, 0.25) is 11.8 Å². The maximum Gasteiger partial charge on any atom is 0.417 e. The van der Waals surface area contributed by atoms with Crippen LogP contribution in [0.1, 0.15) is 36.5 Å². The third-order valence-corrected chi connectivity index (χ3v) is 7.58. The summed E-state index contributed by atoms with van der Waals surface area (Å²) in [6.45, 7) is 1.59. The van der Waals surface area contributed by atoms with Crippen molar-refractivity contribution < 1.29 is 37.3 Å². The van der Waals surface area contributed by atoms with Crippen molar-refractivity contribution in [1.82, 2.24) is 0 Å². The van der Waals surface area contributed by atoms with Crippen LogP contribution in [0.4, 0.5) is 18.9 Å². The molecule has 3 saturated heterocycles. The minimum Gasteiger partial charge on any atom is -0.493 e. The van der Waals surface area contributed by atoms with E-state index in [2.05, 4.69) is 0 Å². The van der Waals surface area contributed by atoms with Gasteiger partial charge in [-0.15, -0.1) is 0 Å². The van der Waals surface area contributed by atoms with Crippen LogP contribution in [0.3, 0.4) is 0 Å². The first-order valence-electron chi connectivity index (χ1n) is 11.5. The van der Waals surface area contributed by atoms with Crippen LogP contribution < -0.4 is 9.64 Å². The summed E-state index contributed by atoms with van der Waals surface area (Å²) < 4.78 is 52.5. The van der Waals surface area contributed by atoms with Gasteiger partial charge in [-0.05, 0) is 49.4 Å². The summed E-state index contributed by atoms with van der Waals surface area (Å²) in [7, 11) is 0. The van der Waals surface area contributed by atoms with Gasteiger partial charge in [0.1, 0.15) is 11.4 Å². The van der Waals surface area contributed by atoms with Crippen molar-refractivity contribution in [2.75, 3.05) is 11.5 Å². The topological polar surface area (TPSA) is 124 Å². The summed E-state index contributed by atoms with van der Waals surface area (Å²) in [5.74, 6) is -3.13. The molecule has 1 N–H and O–H groups in total. The Morgan fingerprint density at radius 3 is 2.41 bits per heavy atom. The number of imide groups is 1. The Hall–Kier alpha value is -3.93. The number of carbonyl (C=O) groups is 2. The number of carbonyl (C=O) groups excluding carboxylic acids is 2. The zero-order valence-electron chi connectivity index (χ0n) is 19.5. The highest BCUT2D eigenvalue weighted by Crippen LogP contribution is 2.62. The van der Waals surface area contributed by atoms with Crippen LogP contribution in [0.25, 0.3) is 0 Å². The Balaban J connectivity index is 1.45. The number of fused-ring (bicyclic) bond motifs is 5. The molecule has 0 aromatic heterocycles. The molecular formula is C26H20F3N3O5. The fourth-order valence-corrected chi connectivity index (χ4v) is 5.85. The molecule has 2 amide bonds. The van der Waals surface area contributed by atoms with Crippen LogP contribution in [0, 0.1) is 34.5 Å². The zero-order chi connectivity index (χ0) is 26.8. The highest BCUT2D eigenvalue weighted by Gasteiger charge is 2.77. The Kier molecular flexibility index (Phi) is 5.55. The van der Waals surface area contributed by atoms with Gasteiger partial charge in [-0.3, -0.25) is 9.59 Å². The zero-order valence-corrected chi connectivity index (χ0v) is 19.5. The first-order valence-corrected chi connectivity index (χ1v) is 11.5. The van der Waals surface area contributed by atoms with Crippen molar-refractivity contribution in [3.05, 3.63) is 59.2 Å². The first-order chi connectivity index (χ1) is 17.4. The van der Waals surface area contributed by atoms with E-state index in [9.17, 15) is 27.9 Å². The third-order valence-electron chi connectivity index (χ3n) is 7.58. The number of nitrogens with zero attached hydrogens (tertiary/aromatic N) is 3. The lowest BCUT2D eigenvalue weighted by atomic mass is 9.66. The highest BCUT2D eigenvalue weighted by molar-refractivity contribution is 6.23. The third kappa shape index (κ3) is 3.66. The molecule has 0 saturated carbocycles. The Morgan fingerprint density at radius 1 is 1.11 bits per heavy atom. The number of aliphatic hydroxyl groups excluding tert-OH is 1. The van der Waals surface area contributed by atoms with Crippen LogP contribution >= 0.6 is 0 Å². The van der Waals surface area contributed by atoms with Crippen molar-refractivity contribution in [2.24, 2.45) is 11.8 Å². The molecule has 3 aliphatic rings. The van der Waals surface area contributed by atoms with Gasteiger partial charge < -0.3 is 14.6 Å². The fourth-order valence-electron chi connectivity index (χ4n) is 5.85. The maximum atomic E-state index is 13.6. The number of rotatable bonds is 5. The number of amides is 2. The van der Waals surface area contributed by atoms with E-state index in [0.717, 1.165) is 12.1 Å². The van der Waals surface area contributed by atoms with E-state index in [0.29, 0.717) is 22.3 Å². The van der Waals surface area contributed by atoms with E-state index in [-0.39, 0.29) is 25.1 Å². The number of hydrogen-bond donors (Lipinski definition) is 1. The smallest absolute Gasteiger partial charge is 0.417 e. The number of nitriles is 2. The van der Waals surface area contributed by atoms with E-state index < -0.39 is 58.3 Å². The van der Waals surface area contributed by atoms with Crippen molar-refractivity contribution in [1.29, 1.82) is 10.5 Å². The van der Waals surface area contributed by atoms with Gasteiger partial charge in [0.15, 0.2) is 0 Å². The number of hydrogen-bond acceptors (Lipinski definition) is 7. The second-order valence-corrected chi connectivity index (χ2v) is 9.61. The molecule has 3 fully saturated rings. The summed E-state index contributed by atoms with van der Waals surface area (Å²) in [6.07, 6.45) is -5.76. The van der Waals surface area contributed by atoms with Crippen LogP contribution in [0.5, 0.6) is 5.75 Å². The molecule has 0 aliphatic carbocycles.